The monoisotopic (exact) mass is 171 g/mol. The van der Waals surface area contributed by atoms with Gasteiger partial charge in [0.25, 0.3) is 0 Å². The first-order valence-corrected chi connectivity index (χ1v) is 3.73. The van der Waals surface area contributed by atoms with Gasteiger partial charge in [0.2, 0.25) is 0 Å². The minimum atomic E-state index is -0.447. The molecule has 0 amide bonds. The van der Waals surface area contributed by atoms with Crippen LogP contribution >= 0.6 is 0 Å². The lowest BCUT2D eigenvalue weighted by Gasteiger charge is -1.96. The van der Waals surface area contributed by atoms with Crippen LogP contribution in [0.2, 0.25) is 0 Å². The number of rotatable bonds is 4. The second-order valence-corrected chi connectivity index (χ2v) is 2.61. The number of carbonyl (C=O) groups excluding carboxylic acids is 2. The van der Waals surface area contributed by atoms with Gasteiger partial charge in [-0.1, -0.05) is 5.16 Å². The maximum absolute atomic E-state index is 10.5. The van der Waals surface area contributed by atoms with E-state index in [1.54, 1.807) is 6.92 Å². The molecule has 0 aromatic heterocycles. The van der Waals surface area contributed by atoms with Crippen molar-refractivity contribution in [3.63, 3.8) is 0 Å². The van der Waals surface area contributed by atoms with Gasteiger partial charge in [-0.15, -0.1) is 0 Å². The standard InChI is InChI=1S/C8H13NO3/c1-6(4-5-7(2)10)9-12-8(3)11/h4-5H2,1-3H3/b9-6+. The Bertz CT molecular complexity index is 208. The molecule has 68 valence electrons. The summed E-state index contributed by atoms with van der Waals surface area (Å²) < 4.78 is 0. The second kappa shape index (κ2) is 5.46. The number of ketones is 1. The van der Waals surface area contributed by atoms with Crippen molar-refractivity contribution in [1.82, 2.24) is 0 Å². The molecule has 0 N–H and O–H groups in total. The number of hydrogen-bond acceptors (Lipinski definition) is 4. The predicted molar refractivity (Wildman–Crippen MR) is 44.8 cm³/mol. The lowest BCUT2D eigenvalue weighted by Crippen LogP contribution is -2.00. The van der Waals surface area contributed by atoms with E-state index in [-0.39, 0.29) is 5.78 Å². The molecule has 0 saturated carbocycles. The topological polar surface area (TPSA) is 55.7 Å². The highest BCUT2D eigenvalue weighted by molar-refractivity contribution is 5.86. The normalized spacial score (nSPS) is 11.1. The van der Waals surface area contributed by atoms with Crippen molar-refractivity contribution in [3.05, 3.63) is 0 Å². The van der Waals surface area contributed by atoms with Crippen molar-refractivity contribution in [2.45, 2.75) is 33.6 Å². The fourth-order valence-electron chi connectivity index (χ4n) is 0.545. The molecule has 0 fully saturated rings. The minimum absolute atomic E-state index is 0.104. The third-order valence-corrected chi connectivity index (χ3v) is 1.17. The lowest BCUT2D eigenvalue weighted by atomic mass is 10.2. The molecular weight excluding hydrogens is 158 g/mol. The van der Waals surface area contributed by atoms with E-state index in [0.717, 1.165) is 0 Å². The number of hydrogen-bond donors (Lipinski definition) is 0. The molecule has 0 rings (SSSR count). The van der Waals surface area contributed by atoms with Gasteiger partial charge in [-0.25, -0.2) is 4.79 Å². The van der Waals surface area contributed by atoms with E-state index in [1.807, 2.05) is 0 Å². The molecule has 4 heteroatoms. The third kappa shape index (κ3) is 6.92. The summed E-state index contributed by atoms with van der Waals surface area (Å²) in [5, 5.41) is 3.51. The Morgan fingerprint density at radius 2 is 1.75 bits per heavy atom. The zero-order valence-electron chi connectivity index (χ0n) is 7.59. The van der Waals surface area contributed by atoms with Gasteiger partial charge < -0.3 is 9.63 Å². The van der Waals surface area contributed by atoms with Gasteiger partial charge in [-0.2, -0.15) is 0 Å². The van der Waals surface area contributed by atoms with Gasteiger partial charge in [0.1, 0.15) is 5.78 Å². The molecule has 0 spiro atoms. The number of nitrogens with zero attached hydrogens (tertiary/aromatic N) is 1. The van der Waals surface area contributed by atoms with Crippen LogP contribution in [0.3, 0.4) is 0 Å². The Labute approximate surface area is 71.6 Å². The maximum atomic E-state index is 10.5. The number of Topliss-reactive ketones (excluding diaryl/α,β-unsaturated/α-hetero) is 1. The van der Waals surface area contributed by atoms with E-state index >= 15 is 0 Å². The Morgan fingerprint density at radius 3 is 2.17 bits per heavy atom. The molecule has 0 aromatic rings. The van der Waals surface area contributed by atoms with E-state index in [2.05, 4.69) is 9.99 Å². The zero-order chi connectivity index (χ0) is 9.56. The zero-order valence-corrected chi connectivity index (χ0v) is 7.59. The van der Waals surface area contributed by atoms with E-state index in [0.29, 0.717) is 18.6 Å². The Morgan fingerprint density at radius 1 is 1.17 bits per heavy atom. The van der Waals surface area contributed by atoms with Crippen LogP contribution in [0, 0.1) is 0 Å². The van der Waals surface area contributed by atoms with Crippen molar-refractivity contribution in [2.75, 3.05) is 0 Å². The summed E-state index contributed by atoms with van der Waals surface area (Å²) in [6.45, 7) is 4.51. The van der Waals surface area contributed by atoms with Crippen molar-refractivity contribution in [1.29, 1.82) is 0 Å². The largest absolute Gasteiger partial charge is 0.331 e. The van der Waals surface area contributed by atoms with Gasteiger partial charge in [-0.3, -0.25) is 0 Å². The summed E-state index contributed by atoms with van der Waals surface area (Å²) in [7, 11) is 0. The third-order valence-electron chi connectivity index (χ3n) is 1.17. The molecule has 12 heavy (non-hydrogen) atoms. The van der Waals surface area contributed by atoms with Crippen LogP contribution in [0.1, 0.15) is 33.6 Å². The van der Waals surface area contributed by atoms with Crippen LogP contribution in [-0.2, 0) is 14.4 Å². The first-order valence-electron chi connectivity index (χ1n) is 3.73. The van der Waals surface area contributed by atoms with Gasteiger partial charge >= 0.3 is 5.97 Å². The summed E-state index contributed by atoms with van der Waals surface area (Å²) in [5.41, 5.74) is 0.653. The molecule has 4 nitrogen and oxygen atoms in total. The van der Waals surface area contributed by atoms with E-state index in [4.69, 9.17) is 0 Å². The quantitative estimate of drug-likeness (QED) is 0.364. The molecule has 0 aliphatic carbocycles. The molecule has 0 atom stereocenters. The average molecular weight is 171 g/mol. The highest BCUT2D eigenvalue weighted by atomic mass is 16.7. The van der Waals surface area contributed by atoms with E-state index in [9.17, 15) is 9.59 Å². The lowest BCUT2D eigenvalue weighted by molar-refractivity contribution is -0.140. The van der Waals surface area contributed by atoms with Crippen molar-refractivity contribution in [2.24, 2.45) is 5.16 Å². The van der Waals surface area contributed by atoms with Crippen LogP contribution in [-0.4, -0.2) is 17.5 Å². The van der Waals surface area contributed by atoms with Crippen molar-refractivity contribution < 1.29 is 14.4 Å². The summed E-state index contributed by atoms with van der Waals surface area (Å²) in [4.78, 5) is 25.2. The summed E-state index contributed by atoms with van der Waals surface area (Å²) in [6, 6.07) is 0. The van der Waals surface area contributed by atoms with Crippen LogP contribution in [0.4, 0.5) is 0 Å². The highest BCUT2D eigenvalue weighted by Gasteiger charge is 1.97. The van der Waals surface area contributed by atoms with Crippen LogP contribution in [0.25, 0.3) is 0 Å². The average Bonchev–Trinajstić information content (AvgIpc) is 1.96. The Hall–Kier alpha value is -1.19. The molecule has 0 aliphatic heterocycles. The maximum Gasteiger partial charge on any atom is 0.331 e. The highest BCUT2D eigenvalue weighted by Crippen LogP contribution is 1.94. The van der Waals surface area contributed by atoms with Gasteiger partial charge in [-0.05, 0) is 20.3 Å². The number of oxime groups is 1. The molecule has 0 unspecified atom stereocenters. The molecule has 0 aromatic carbocycles. The summed E-state index contributed by atoms with van der Waals surface area (Å²) in [5.74, 6) is -0.343. The van der Waals surface area contributed by atoms with Gasteiger partial charge in [0.15, 0.2) is 0 Å². The van der Waals surface area contributed by atoms with Crippen molar-refractivity contribution in [3.8, 4) is 0 Å². The fraction of sp³-hybridized carbons (Fsp3) is 0.625. The van der Waals surface area contributed by atoms with Gasteiger partial charge in [0, 0.05) is 13.3 Å². The summed E-state index contributed by atoms with van der Waals surface area (Å²) >= 11 is 0. The van der Waals surface area contributed by atoms with E-state index in [1.165, 1.54) is 13.8 Å². The summed E-state index contributed by atoms with van der Waals surface area (Å²) in [6.07, 6.45) is 0.985. The molecular formula is C8H13NO3. The van der Waals surface area contributed by atoms with E-state index < -0.39 is 5.97 Å². The van der Waals surface area contributed by atoms with Crippen LogP contribution in [0.15, 0.2) is 5.16 Å². The van der Waals surface area contributed by atoms with Gasteiger partial charge in [0.05, 0.1) is 5.71 Å². The Balaban J connectivity index is 3.70. The van der Waals surface area contributed by atoms with Crippen molar-refractivity contribution >= 4 is 17.5 Å². The molecule has 0 bridgehead atoms. The number of carbonyl (C=O) groups is 2. The molecule has 0 radical (unpaired) electrons. The minimum Gasteiger partial charge on any atom is -0.319 e. The first kappa shape index (κ1) is 10.8. The van der Waals surface area contributed by atoms with Crippen LogP contribution in [0.5, 0.6) is 0 Å². The Kier molecular flexibility index (Phi) is 4.92. The molecule has 0 aliphatic rings. The smallest absolute Gasteiger partial charge is 0.319 e. The predicted octanol–water partition coefficient (Wildman–Crippen LogP) is 1.29. The SMILES string of the molecule is CC(=O)CC/C(C)=N/OC(C)=O. The van der Waals surface area contributed by atoms with Crippen LogP contribution < -0.4 is 0 Å². The second-order valence-electron chi connectivity index (χ2n) is 2.61. The molecule has 0 saturated heterocycles. The first-order chi connectivity index (χ1) is 5.52. The fourth-order valence-corrected chi connectivity index (χ4v) is 0.545. The molecule has 0 heterocycles.